The Bertz CT molecular complexity index is 465. The second-order valence-electron chi connectivity index (χ2n) is 5.12. The van der Waals surface area contributed by atoms with Gasteiger partial charge >= 0.3 is 0 Å². The van der Waals surface area contributed by atoms with E-state index in [1.165, 1.54) is 25.9 Å². The number of nitriles is 1. The minimum Gasteiger partial charge on any atom is -0.354 e. The quantitative estimate of drug-likeness (QED) is 0.750. The van der Waals surface area contributed by atoms with E-state index in [0.29, 0.717) is 11.6 Å². The van der Waals surface area contributed by atoms with E-state index < -0.39 is 0 Å². The highest BCUT2D eigenvalue weighted by Gasteiger charge is 2.29. The zero-order valence-electron chi connectivity index (χ0n) is 10.5. The normalized spacial score (nSPS) is 24.4. The summed E-state index contributed by atoms with van der Waals surface area (Å²) < 4.78 is 0. The molecule has 2 aliphatic heterocycles. The molecule has 0 bridgehead atoms. The smallest absolute Gasteiger partial charge is 0.146 e. The average Bonchev–Trinajstić information content (AvgIpc) is 2.76. The molecule has 0 radical (unpaired) electrons. The number of hydrogen-bond donors (Lipinski definition) is 0. The molecule has 1 unspecified atom stereocenters. The Morgan fingerprint density at radius 3 is 3.06 bits per heavy atom. The van der Waals surface area contributed by atoms with Crippen LogP contribution in [0.4, 0.5) is 5.82 Å². The predicted octanol–water partition coefficient (Wildman–Crippen LogP) is 1.63. The maximum atomic E-state index is 9.18. The van der Waals surface area contributed by atoms with Crippen molar-refractivity contribution >= 4 is 5.82 Å². The van der Waals surface area contributed by atoms with Crippen LogP contribution in [0.15, 0.2) is 18.3 Å². The first-order valence-corrected chi connectivity index (χ1v) is 6.72. The molecule has 4 heteroatoms. The molecule has 94 valence electrons. The second-order valence-corrected chi connectivity index (χ2v) is 5.12. The third-order valence-corrected chi connectivity index (χ3v) is 4.01. The van der Waals surface area contributed by atoms with Crippen molar-refractivity contribution in [2.45, 2.75) is 25.3 Å². The van der Waals surface area contributed by atoms with Gasteiger partial charge < -0.3 is 4.90 Å². The van der Waals surface area contributed by atoms with Crippen molar-refractivity contribution in [2.75, 3.05) is 31.1 Å². The molecule has 2 fully saturated rings. The summed E-state index contributed by atoms with van der Waals surface area (Å²) in [6.07, 6.45) is 5.54. The topological polar surface area (TPSA) is 43.2 Å². The molecule has 0 N–H and O–H groups in total. The minimum absolute atomic E-state index is 0.654. The Morgan fingerprint density at radius 2 is 2.17 bits per heavy atom. The van der Waals surface area contributed by atoms with Crippen LogP contribution in [0.25, 0.3) is 0 Å². The minimum atomic E-state index is 0.654. The van der Waals surface area contributed by atoms with Gasteiger partial charge in [0.25, 0.3) is 0 Å². The van der Waals surface area contributed by atoms with Crippen LogP contribution in [0, 0.1) is 11.3 Å². The van der Waals surface area contributed by atoms with Crippen LogP contribution in [0.1, 0.15) is 24.8 Å². The fourth-order valence-electron chi connectivity index (χ4n) is 3.14. The fourth-order valence-corrected chi connectivity index (χ4v) is 3.14. The summed E-state index contributed by atoms with van der Waals surface area (Å²) in [5.41, 5.74) is 0.698. The van der Waals surface area contributed by atoms with Gasteiger partial charge in [0.1, 0.15) is 11.9 Å². The highest BCUT2D eigenvalue weighted by molar-refractivity contribution is 5.53. The molecular weight excluding hydrogens is 224 g/mol. The Hall–Kier alpha value is -1.60. The number of anilines is 1. The molecule has 2 aliphatic rings. The summed E-state index contributed by atoms with van der Waals surface area (Å²) in [6, 6.07) is 6.60. The maximum Gasteiger partial charge on any atom is 0.146 e. The predicted molar refractivity (Wildman–Crippen MR) is 70.4 cm³/mol. The van der Waals surface area contributed by atoms with Gasteiger partial charge in [-0.1, -0.05) is 0 Å². The van der Waals surface area contributed by atoms with Crippen molar-refractivity contribution in [2.24, 2.45) is 0 Å². The van der Waals surface area contributed by atoms with Crippen molar-refractivity contribution in [3.05, 3.63) is 23.9 Å². The lowest BCUT2D eigenvalue weighted by atomic mass is 10.2. The molecule has 1 aromatic heterocycles. The van der Waals surface area contributed by atoms with E-state index >= 15 is 0 Å². The molecule has 0 saturated carbocycles. The van der Waals surface area contributed by atoms with Gasteiger partial charge in [-0.05, 0) is 37.9 Å². The second kappa shape index (κ2) is 4.95. The number of hydrogen-bond acceptors (Lipinski definition) is 4. The number of rotatable bonds is 1. The lowest BCUT2D eigenvalue weighted by Crippen LogP contribution is -2.37. The van der Waals surface area contributed by atoms with Crippen LogP contribution in [-0.4, -0.2) is 42.1 Å². The van der Waals surface area contributed by atoms with E-state index in [9.17, 15) is 5.26 Å². The van der Waals surface area contributed by atoms with Gasteiger partial charge in [-0.2, -0.15) is 5.26 Å². The molecule has 1 atom stereocenters. The Labute approximate surface area is 108 Å². The standard InChI is InChI=1S/C14H18N4/c15-10-12-4-1-6-16-14(12)18-9-3-8-17-7-2-5-13(17)11-18/h1,4,6,13H,2-3,5,7-9,11H2. The van der Waals surface area contributed by atoms with E-state index in [1.807, 2.05) is 12.1 Å². The summed E-state index contributed by atoms with van der Waals surface area (Å²) in [4.78, 5) is 9.31. The summed E-state index contributed by atoms with van der Waals surface area (Å²) in [6.45, 7) is 4.46. The van der Waals surface area contributed by atoms with Gasteiger partial charge in [0.05, 0.1) is 5.56 Å². The molecule has 0 spiro atoms. The first-order valence-electron chi connectivity index (χ1n) is 6.72. The van der Waals surface area contributed by atoms with E-state index in [1.54, 1.807) is 6.20 Å². The van der Waals surface area contributed by atoms with Crippen molar-refractivity contribution in [1.29, 1.82) is 5.26 Å². The van der Waals surface area contributed by atoms with Gasteiger partial charge in [-0.15, -0.1) is 0 Å². The van der Waals surface area contributed by atoms with Gasteiger partial charge in [-0.25, -0.2) is 4.98 Å². The van der Waals surface area contributed by atoms with Gasteiger partial charge in [0.2, 0.25) is 0 Å². The van der Waals surface area contributed by atoms with E-state index in [0.717, 1.165) is 25.3 Å². The van der Waals surface area contributed by atoms with Gasteiger partial charge in [-0.3, -0.25) is 4.90 Å². The number of fused-ring (bicyclic) bond motifs is 1. The summed E-state index contributed by atoms with van der Waals surface area (Å²) >= 11 is 0. The van der Waals surface area contributed by atoms with Crippen LogP contribution in [-0.2, 0) is 0 Å². The van der Waals surface area contributed by atoms with Crippen LogP contribution < -0.4 is 4.90 Å². The summed E-state index contributed by atoms with van der Waals surface area (Å²) in [5, 5.41) is 9.18. The van der Waals surface area contributed by atoms with Crippen LogP contribution in [0.3, 0.4) is 0 Å². The van der Waals surface area contributed by atoms with E-state index in [2.05, 4.69) is 20.9 Å². The van der Waals surface area contributed by atoms with Crippen molar-refractivity contribution in [1.82, 2.24) is 9.88 Å². The largest absolute Gasteiger partial charge is 0.354 e. The SMILES string of the molecule is N#Cc1cccnc1N1CCCN2CCCC2C1. The Kier molecular flexibility index (Phi) is 3.16. The highest BCUT2D eigenvalue weighted by Crippen LogP contribution is 2.25. The lowest BCUT2D eigenvalue weighted by Gasteiger charge is -2.26. The van der Waals surface area contributed by atoms with E-state index in [-0.39, 0.29) is 0 Å². The maximum absolute atomic E-state index is 9.18. The third kappa shape index (κ3) is 2.06. The molecule has 0 aliphatic carbocycles. The van der Waals surface area contributed by atoms with Crippen molar-refractivity contribution in [3.63, 3.8) is 0 Å². The van der Waals surface area contributed by atoms with Crippen LogP contribution in [0.5, 0.6) is 0 Å². The molecule has 18 heavy (non-hydrogen) atoms. The number of aromatic nitrogens is 1. The molecule has 3 rings (SSSR count). The van der Waals surface area contributed by atoms with Gasteiger partial charge in [0.15, 0.2) is 0 Å². The van der Waals surface area contributed by atoms with Crippen molar-refractivity contribution in [3.8, 4) is 6.07 Å². The molecule has 2 saturated heterocycles. The molecule has 3 heterocycles. The highest BCUT2D eigenvalue weighted by atomic mass is 15.3. The average molecular weight is 242 g/mol. The number of pyridine rings is 1. The first-order chi connectivity index (χ1) is 8.88. The van der Waals surface area contributed by atoms with Crippen LogP contribution >= 0.6 is 0 Å². The third-order valence-electron chi connectivity index (χ3n) is 4.01. The van der Waals surface area contributed by atoms with Crippen molar-refractivity contribution < 1.29 is 0 Å². The molecule has 4 nitrogen and oxygen atoms in total. The van der Waals surface area contributed by atoms with Gasteiger partial charge in [0, 0.05) is 31.9 Å². The summed E-state index contributed by atoms with van der Waals surface area (Å²) in [5.74, 6) is 0.869. The lowest BCUT2D eigenvalue weighted by molar-refractivity contribution is 0.273. The zero-order chi connectivity index (χ0) is 12.4. The zero-order valence-corrected chi connectivity index (χ0v) is 10.5. The van der Waals surface area contributed by atoms with Crippen LogP contribution in [0.2, 0.25) is 0 Å². The molecule has 0 aromatic carbocycles. The molecule has 1 aromatic rings. The summed E-state index contributed by atoms with van der Waals surface area (Å²) in [7, 11) is 0. The monoisotopic (exact) mass is 242 g/mol. The first kappa shape index (κ1) is 11.5. The Balaban J connectivity index is 1.85. The Morgan fingerprint density at radius 1 is 1.28 bits per heavy atom. The van der Waals surface area contributed by atoms with E-state index in [4.69, 9.17) is 0 Å². The fraction of sp³-hybridized carbons (Fsp3) is 0.571. The molecular formula is C14H18N4. The molecule has 0 amide bonds. The number of nitrogens with zero attached hydrogens (tertiary/aromatic N) is 4.